The maximum atomic E-state index is 14.3. The van der Waals surface area contributed by atoms with Crippen LogP contribution in [0.2, 0.25) is 5.02 Å². The van der Waals surface area contributed by atoms with Crippen molar-refractivity contribution in [2.45, 2.75) is 44.4 Å². The van der Waals surface area contributed by atoms with E-state index in [0.717, 1.165) is 86.5 Å². The van der Waals surface area contributed by atoms with Crippen molar-refractivity contribution in [1.29, 1.82) is 0 Å². The Balaban J connectivity index is 0.993. The van der Waals surface area contributed by atoms with E-state index in [2.05, 4.69) is 68.3 Å². The predicted octanol–water partition coefficient (Wildman–Crippen LogP) is 9.34. The van der Waals surface area contributed by atoms with Crippen LogP contribution in [0, 0.1) is 21.4 Å². The van der Waals surface area contributed by atoms with Crippen LogP contribution < -0.4 is 14.4 Å². The van der Waals surface area contributed by atoms with Crippen molar-refractivity contribution >= 4 is 68.7 Å². The first-order valence-electron chi connectivity index (χ1n) is 22.5. The van der Waals surface area contributed by atoms with E-state index in [0.29, 0.717) is 31.0 Å². The number of benzene rings is 3. The monoisotopic (exact) mass is 957 g/mol. The minimum atomic E-state index is -4.63. The van der Waals surface area contributed by atoms with Gasteiger partial charge < -0.3 is 19.5 Å². The van der Waals surface area contributed by atoms with Crippen LogP contribution in [0.1, 0.15) is 54.6 Å². The SMILES string of the molecule is C=P1(C)CCN(CC(CF)Cc2ccc(S(=O)(=O)NC(=O)c3ccc(N4CCN(CC5=C(c6ccc(Cl)cc6)CC(C)(C)CC5)CC4)cc3Oc3cnc4[nH]ccc4c3)cc2[N+](=O)[O-])CC1. The number of carbonyl (C=O) groups excluding carboxylic acids is 1. The van der Waals surface area contributed by atoms with Crippen LogP contribution in [-0.2, 0) is 16.4 Å². The van der Waals surface area contributed by atoms with Crippen LogP contribution in [0.4, 0.5) is 15.8 Å². The summed E-state index contributed by atoms with van der Waals surface area (Å²) in [6, 6.07) is 20.3. The first-order valence-corrected chi connectivity index (χ1v) is 27.1. The largest absolute Gasteiger partial charge is 0.455 e. The quantitative estimate of drug-likeness (QED) is 0.0590. The summed E-state index contributed by atoms with van der Waals surface area (Å²) in [7, 11) is -4.63. The summed E-state index contributed by atoms with van der Waals surface area (Å²) in [6.07, 6.45) is 12.8. The van der Waals surface area contributed by atoms with Gasteiger partial charge in [0.05, 0.1) is 28.3 Å². The molecule has 5 aromatic rings. The minimum absolute atomic E-state index is 0.0557. The lowest BCUT2D eigenvalue weighted by Gasteiger charge is -2.39. The van der Waals surface area contributed by atoms with Gasteiger partial charge in [-0.05, 0) is 104 Å². The summed E-state index contributed by atoms with van der Waals surface area (Å²) in [6.45, 7) is 10.9. The first kappa shape index (κ1) is 47.4. The number of carbonyl (C=O) groups is 1. The van der Waals surface area contributed by atoms with E-state index in [1.165, 1.54) is 41.1 Å². The van der Waals surface area contributed by atoms with Crippen LogP contribution in [0.15, 0.2) is 95.7 Å². The lowest BCUT2D eigenvalue weighted by molar-refractivity contribution is -0.385. The van der Waals surface area contributed by atoms with E-state index < -0.39 is 50.9 Å². The number of ether oxygens (including phenoxy) is 1. The number of allylic oxidation sites excluding steroid dienone is 1. The highest BCUT2D eigenvalue weighted by Crippen LogP contribution is 2.44. The molecule has 17 heteroatoms. The van der Waals surface area contributed by atoms with Crippen molar-refractivity contribution in [3.63, 3.8) is 0 Å². The summed E-state index contributed by atoms with van der Waals surface area (Å²) in [4.78, 5) is 39.5. The maximum Gasteiger partial charge on any atom is 0.273 e. The number of alkyl halides is 1. The number of nitrogens with one attached hydrogen (secondary N) is 2. The van der Waals surface area contributed by atoms with Crippen LogP contribution >= 0.6 is 18.5 Å². The van der Waals surface area contributed by atoms with Crippen LogP contribution in [-0.4, -0.2) is 123 Å². The van der Waals surface area contributed by atoms with E-state index in [1.54, 1.807) is 24.4 Å². The Bertz CT molecular complexity index is 2800. The molecule has 350 valence electrons. The van der Waals surface area contributed by atoms with E-state index >= 15 is 0 Å². The molecule has 8 rings (SSSR count). The summed E-state index contributed by atoms with van der Waals surface area (Å²) in [5.41, 5.74) is 5.44. The fourth-order valence-corrected chi connectivity index (χ4v) is 12.2. The highest BCUT2D eigenvalue weighted by molar-refractivity contribution is 7.90. The number of fused-ring (bicyclic) bond motifs is 1. The number of pyridine rings is 1. The third kappa shape index (κ3) is 11.4. The molecule has 1 unspecified atom stereocenters. The fourth-order valence-electron chi connectivity index (χ4n) is 9.29. The highest BCUT2D eigenvalue weighted by atomic mass is 35.5. The number of aromatic nitrogens is 2. The summed E-state index contributed by atoms with van der Waals surface area (Å²) in [5.74, 6) is -1.06. The van der Waals surface area contributed by atoms with E-state index in [-0.39, 0.29) is 28.7 Å². The van der Waals surface area contributed by atoms with Crippen LogP contribution in [0.5, 0.6) is 11.5 Å². The van der Waals surface area contributed by atoms with Gasteiger partial charge in [0.2, 0.25) is 0 Å². The van der Waals surface area contributed by atoms with Gasteiger partial charge in [-0.2, -0.15) is 0 Å². The first-order chi connectivity index (χ1) is 31.4. The van der Waals surface area contributed by atoms with Crippen molar-refractivity contribution in [3.05, 3.63) is 123 Å². The Morgan fingerprint density at radius 2 is 1.77 bits per heavy atom. The van der Waals surface area contributed by atoms with Gasteiger partial charge in [0, 0.05) is 98.3 Å². The van der Waals surface area contributed by atoms with Gasteiger partial charge in [0.25, 0.3) is 21.6 Å². The molecule has 0 bridgehead atoms. The van der Waals surface area contributed by atoms with E-state index in [9.17, 15) is 27.7 Å². The zero-order valence-corrected chi connectivity index (χ0v) is 40.2. The van der Waals surface area contributed by atoms with Gasteiger partial charge >= 0.3 is 0 Å². The number of H-pyrrole nitrogens is 1. The number of hydrogen-bond donors (Lipinski definition) is 2. The Morgan fingerprint density at radius 1 is 1.03 bits per heavy atom. The van der Waals surface area contributed by atoms with Crippen LogP contribution in [0.25, 0.3) is 16.6 Å². The van der Waals surface area contributed by atoms with Crippen molar-refractivity contribution in [1.82, 2.24) is 24.5 Å². The molecule has 3 aliphatic rings. The smallest absolute Gasteiger partial charge is 0.273 e. The van der Waals surface area contributed by atoms with Crippen molar-refractivity contribution in [3.8, 4) is 11.5 Å². The van der Waals surface area contributed by atoms with Gasteiger partial charge in [-0.25, -0.2) is 18.1 Å². The summed E-state index contributed by atoms with van der Waals surface area (Å²) >= 11 is 6.25. The molecule has 1 amide bonds. The highest BCUT2D eigenvalue weighted by Gasteiger charge is 2.31. The molecule has 4 heterocycles. The summed E-state index contributed by atoms with van der Waals surface area (Å²) < 4.78 is 50.4. The zero-order chi connectivity index (χ0) is 46.8. The number of hydrogen-bond acceptors (Lipinski definition) is 10. The van der Waals surface area contributed by atoms with Crippen molar-refractivity contribution < 1.29 is 27.3 Å². The van der Waals surface area contributed by atoms with Gasteiger partial charge in [0.15, 0.2) is 0 Å². The van der Waals surface area contributed by atoms with Gasteiger partial charge in [-0.3, -0.25) is 24.2 Å². The predicted molar refractivity (Wildman–Crippen MR) is 264 cm³/mol. The minimum Gasteiger partial charge on any atom is -0.455 e. The van der Waals surface area contributed by atoms with Gasteiger partial charge in [-0.15, -0.1) is 13.2 Å². The second kappa shape index (κ2) is 19.7. The molecule has 2 aromatic heterocycles. The molecule has 13 nitrogen and oxygen atoms in total. The molecule has 2 fully saturated rings. The van der Waals surface area contributed by atoms with E-state index in [4.69, 9.17) is 16.3 Å². The molecule has 0 saturated carbocycles. The molecule has 2 N–H and O–H groups in total. The van der Waals surface area contributed by atoms with Crippen molar-refractivity contribution in [2.75, 3.05) is 82.9 Å². The third-order valence-corrected chi connectivity index (χ3v) is 17.4. The molecule has 66 heavy (non-hydrogen) atoms. The maximum absolute atomic E-state index is 14.3. The average Bonchev–Trinajstić information content (AvgIpc) is 3.76. The third-order valence-electron chi connectivity index (χ3n) is 13.3. The van der Waals surface area contributed by atoms with Crippen molar-refractivity contribution in [2.24, 2.45) is 11.3 Å². The number of nitro groups is 1. The number of aromatic amines is 1. The lowest BCUT2D eigenvalue weighted by atomic mass is 9.72. The Morgan fingerprint density at radius 3 is 2.48 bits per heavy atom. The molecule has 1 aliphatic carbocycles. The Labute approximate surface area is 391 Å². The molecule has 0 radical (unpaired) electrons. The molecule has 1 atom stereocenters. The fraction of sp³-hybridized carbons (Fsp3) is 0.408. The second-order valence-electron chi connectivity index (χ2n) is 19.1. The Kier molecular flexibility index (Phi) is 14.1. The molecular formula is C49H58ClFN7O6PS. The number of nitro benzene ring substituents is 1. The number of amides is 1. The zero-order valence-electron chi connectivity index (χ0n) is 37.8. The number of halogens is 2. The lowest BCUT2D eigenvalue weighted by Crippen LogP contribution is -2.47. The van der Waals surface area contributed by atoms with Crippen LogP contribution in [0.3, 0.4) is 0 Å². The number of rotatable bonds is 15. The Hall–Kier alpha value is -5.05. The van der Waals surface area contributed by atoms with Gasteiger partial charge in [0.1, 0.15) is 17.1 Å². The standard InChI is InChI=1S/C49H58ClFN7O6PS/c1-49(2)15-13-38(44(29-49)35-5-8-39(50)9-6-35)33-55-17-19-57(20-18-55)40-10-12-43(46(27-40)64-41-26-37-14-16-52-47(37)53-31-41)48(59)54-66(62,63)42-11-7-36(45(28-42)58(60)61)25-34(30-51)32-56-21-23-65(3,4)24-22-56/h5-12,14,16,26-28,31,34H,3,13,15,17-25,29-30,32-33H2,1-2,4H3,(H,52,53)(H,54,59). The number of nitrogens with zero attached hydrogens (tertiary/aromatic N) is 5. The molecule has 2 aliphatic heterocycles. The summed E-state index contributed by atoms with van der Waals surface area (Å²) in [5, 5.41) is 13.8. The normalized spacial score (nSPS) is 18.6. The molecular weight excluding hydrogens is 900 g/mol. The van der Waals surface area contributed by atoms with E-state index in [1.807, 2.05) is 18.2 Å². The number of anilines is 1. The average molecular weight is 959 g/mol. The number of piperazine rings is 1. The van der Waals surface area contributed by atoms with Gasteiger partial charge in [-0.1, -0.05) is 49.2 Å². The topological polar surface area (TPSA) is 154 Å². The molecule has 2 saturated heterocycles. The number of sulfonamides is 1. The molecule has 3 aromatic carbocycles. The second-order valence-corrected chi connectivity index (χ2v) is 25.4. The molecule has 0 spiro atoms.